The Balaban J connectivity index is 0. The van der Waals surface area contributed by atoms with Crippen molar-refractivity contribution in [1.82, 2.24) is 20.0 Å². The normalized spacial score (nSPS) is 14.9. The largest absolute Gasteiger partial charge is 0.350 e. The van der Waals surface area contributed by atoms with E-state index in [0.29, 0.717) is 25.1 Å². The Morgan fingerprint density at radius 2 is 1.53 bits per heavy atom. The van der Waals surface area contributed by atoms with Crippen LogP contribution in [-0.4, -0.2) is 85.8 Å². The number of piperidine rings is 1. The minimum absolute atomic E-state index is 0.0116. The standard InChI is InChI=1S/C16H29N3O3.C6H13N.C3H8/c1-7-19(8-2)16(22)13(5)9-14(12(3)4)18(6)15(21)10-17-11-20;1-7-5-3-2-4-6-7;1-3-2/h9,11-12,14H,7-8,10H2,1-6H3,(H,17,20);2-6H2,1H3;3H2,1-2H3/b13-9+;;/t14-;;/m1../s1. The molecule has 0 bridgehead atoms. The highest BCUT2D eigenvalue weighted by atomic mass is 16.2. The summed E-state index contributed by atoms with van der Waals surface area (Å²) in [5, 5.41) is 2.37. The number of likely N-dealkylation sites (tertiary alicyclic amines) is 1. The third-order valence-electron chi connectivity index (χ3n) is 5.25. The van der Waals surface area contributed by atoms with Crippen molar-refractivity contribution < 1.29 is 14.4 Å². The summed E-state index contributed by atoms with van der Waals surface area (Å²) in [4.78, 5) is 40.4. The molecule has 7 heteroatoms. The lowest BCUT2D eigenvalue weighted by Gasteiger charge is -2.30. The molecule has 0 aromatic heterocycles. The predicted molar refractivity (Wildman–Crippen MR) is 134 cm³/mol. The molecule has 0 aromatic carbocycles. The molecule has 0 saturated carbocycles. The molecule has 1 aliphatic heterocycles. The van der Waals surface area contributed by atoms with E-state index in [9.17, 15) is 14.4 Å². The Morgan fingerprint density at radius 1 is 1.03 bits per heavy atom. The van der Waals surface area contributed by atoms with Gasteiger partial charge in [0.1, 0.15) is 0 Å². The number of carbonyl (C=O) groups excluding carboxylic acids is 3. The van der Waals surface area contributed by atoms with Gasteiger partial charge in [0.25, 0.3) is 0 Å². The van der Waals surface area contributed by atoms with Crippen LogP contribution in [-0.2, 0) is 14.4 Å². The van der Waals surface area contributed by atoms with Crippen molar-refractivity contribution in [2.24, 2.45) is 5.92 Å². The quantitative estimate of drug-likeness (QED) is 0.427. The Kier molecular flexibility index (Phi) is 19.9. The number of hydrogen-bond acceptors (Lipinski definition) is 4. The van der Waals surface area contributed by atoms with Gasteiger partial charge >= 0.3 is 0 Å². The van der Waals surface area contributed by atoms with E-state index < -0.39 is 0 Å². The summed E-state index contributed by atoms with van der Waals surface area (Å²) in [5.74, 6) is -0.0442. The Labute approximate surface area is 197 Å². The van der Waals surface area contributed by atoms with Crippen molar-refractivity contribution in [3.05, 3.63) is 11.6 Å². The molecule has 1 aliphatic rings. The van der Waals surface area contributed by atoms with Crippen LogP contribution in [0.5, 0.6) is 0 Å². The molecule has 1 saturated heterocycles. The molecular formula is C25H50N4O3. The third kappa shape index (κ3) is 14.2. The number of carbonyl (C=O) groups is 3. The summed E-state index contributed by atoms with van der Waals surface area (Å²) in [7, 11) is 3.88. The minimum Gasteiger partial charge on any atom is -0.350 e. The number of likely N-dealkylation sites (N-methyl/N-ethyl adjacent to an activating group) is 2. The van der Waals surface area contributed by atoms with E-state index >= 15 is 0 Å². The van der Waals surface area contributed by atoms with Crippen LogP contribution >= 0.6 is 0 Å². The molecule has 0 aromatic rings. The van der Waals surface area contributed by atoms with Gasteiger partial charge < -0.3 is 20.0 Å². The number of amides is 3. The molecule has 0 spiro atoms. The lowest BCUT2D eigenvalue weighted by Crippen LogP contribution is -2.44. The molecule has 1 N–H and O–H groups in total. The number of nitrogens with one attached hydrogen (secondary N) is 1. The van der Waals surface area contributed by atoms with Crippen molar-refractivity contribution in [3.8, 4) is 0 Å². The molecule has 0 aliphatic carbocycles. The summed E-state index contributed by atoms with van der Waals surface area (Å²) in [6, 6.07) is -0.194. The van der Waals surface area contributed by atoms with E-state index in [1.807, 2.05) is 33.8 Å². The maximum Gasteiger partial charge on any atom is 0.249 e. The summed E-state index contributed by atoms with van der Waals surface area (Å²) in [5.41, 5.74) is 0.630. The van der Waals surface area contributed by atoms with Gasteiger partial charge in [0.2, 0.25) is 18.2 Å². The fraction of sp³-hybridized carbons (Fsp3) is 0.800. The lowest BCUT2D eigenvalue weighted by molar-refractivity contribution is -0.132. The zero-order valence-corrected chi connectivity index (χ0v) is 22.2. The van der Waals surface area contributed by atoms with Crippen molar-refractivity contribution in [2.45, 2.75) is 80.2 Å². The van der Waals surface area contributed by atoms with Gasteiger partial charge in [0.05, 0.1) is 12.6 Å². The van der Waals surface area contributed by atoms with Crippen molar-refractivity contribution in [3.63, 3.8) is 0 Å². The summed E-state index contributed by atoms with van der Waals surface area (Å²) in [6.45, 7) is 17.8. The van der Waals surface area contributed by atoms with E-state index in [1.165, 1.54) is 38.8 Å². The third-order valence-corrected chi connectivity index (χ3v) is 5.25. The lowest BCUT2D eigenvalue weighted by atomic mass is 9.99. The average molecular weight is 455 g/mol. The average Bonchev–Trinajstić information content (AvgIpc) is 2.77. The highest BCUT2D eigenvalue weighted by molar-refractivity contribution is 5.93. The Hall–Kier alpha value is -1.89. The molecule has 32 heavy (non-hydrogen) atoms. The topological polar surface area (TPSA) is 73.0 Å². The van der Waals surface area contributed by atoms with Crippen LogP contribution in [0.3, 0.4) is 0 Å². The van der Waals surface area contributed by atoms with Crippen LogP contribution in [0.1, 0.15) is 74.1 Å². The molecule has 0 unspecified atom stereocenters. The first kappa shape index (κ1) is 32.3. The number of rotatable bonds is 9. The molecule has 1 rings (SSSR count). The molecule has 1 atom stereocenters. The van der Waals surface area contributed by atoms with Gasteiger partial charge in [0.15, 0.2) is 0 Å². The predicted octanol–water partition coefficient (Wildman–Crippen LogP) is 3.55. The number of nitrogens with zero attached hydrogens (tertiary/aromatic N) is 3. The molecule has 3 amide bonds. The zero-order valence-electron chi connectivity index (χ0n) is 22.2. The fourth-order valence-electron chi connectivity index (χ4n) is 3.31. The van der Waals surface area contributed by atoms with Gasteiger partial charge in [0, 0.05) is 25.7 Å². The molecule has 1 fully saturated rings. The van der Waals surface area contributed by atoms with Crippen molar-refractivity contribution in [2.75, 3.05) is 46.8 Å². The van der Waals surface area contributed by atoms with Crippen LogP contribution in [0.25, 0.3) is 0 Å². The van der Waals surface area contributed by atoms with Crippen LogP contribution < -0.4 is 5.32 Å². The summed E-state index contributed by atoms with van der Waals surface area (Å²) >= 11 is 0. The van der Waals surface area contributed by atoms with Gasteiger partial charge in [-0.3, -0.25) is 14.4 Å². The second kappa shape index (κ2) is 19.8. The molecule has 1 heterocycles. The van der Waals surface area contributed by atoms with Crippen molar-refractivity contribution in [1.29, 1.82) is 0 Å². The first-order valence-electron chi connectivity index (χ1n) is 12.2. The van der Waals surface area contributed by atoms with E-state index in [2.05, 4.69) is 31.1 Å². The smallest absolute Gasteiger partial charge is 0.249 e. The molecule has 0 radical (unpaired) electrons. The Morgan fingerprint density at radius 3 is 1.88 bits per heavy atom. The molecule has 188 valence electrons. The maximum absolute atomic E-state index is 12.3. The zero-order chi connectivity index (χ0) is 25.1. The van der Waals surface area contributed by atoms with Crippen LogP contribution in [0.2, 0.25) is 0 Å². The van der Waals surface area contributed by atoms with Crippen LogP contribution in [0.15, 0.2) is 11.6 Å². The second-order valence-electron chi connectivity index (χ2n) is 8.64. The monoisotopic (exact) mass is 454 g/mol. The molecule has 7 nitrogen and oxygen atoms in total. The highest BCUT2D eigenvalue weighted by Crippen LogP contribution is 2.14. The SMILES string of the molecule is CCC.CCN(CC)C(=O)/C(C)=C/[C@H](C(C)C)N(C)C(=O)CNC=O.CN1CCCCC1. The fourth-order valence-corrected chi connectivity index (χ4v) is 3.31. The van der Waals surface area contributed by atoms with Gasteiger partial charge in [-0.2, -0.15) is 0 Å². The van der Waals surface area contributed by atoms with Gasteiger partial charge in [-0.1, -0.05) is 46.6 Å². The van der Waals surface area contributed by atoms with E-state index in [1.54, 1.807) is 23.8 Å². The number of hydrogen-bond donors (Lipinski definition) is 1. The van der Waals surface area contributed by atoms with Crippen LogP contribution in [0, 0.1) is 5.92 Å². The van der Waals surface area contributed by atoms with Gasteiger partial charge in [-0.25, -0.2) is 0 Å². The summed E-state index contributed by atoms with van der Waals surface area (Å²) in [6.07, 6.45) is 7.86. The van der Waals surface area contributed by atoms with Crippen molar-refractivity contribution >= 4 is 18.2 Å². The highest BCUT2D eigenvalue weighted by Gasteiger charge is 2.22. The maximum atomic E-state index is 12.3. The second-order valence-corrected chi connectivity index (χ2v) is 8.64. The van der Waals surface area contributed by atoms with E-state index in [0.717, 1.165) is 0 Å². The van der Waals surface area contributed by atoms with Gasteiger partial charge in [-0.05, 0) is 59.7 Å². The van der Waals surface area contributed by atoms with Gasteiger partial charge in [-0.15, -0.1) is 0 Å². The summed E-state index contributed by atoms with van der Waals surface area (Å²) < 4.78 is 0. The first-order chi connectivity index (χ1) is 15.1. The van der Waals surface area contributed by atoms with Crippen LogP contribution in [0.4, 0.5) is 0 Å². The van der Waals surface area contributed by atoms with E-state index in [-0.39, 0.29) is 30.3 Å². The van der Waals surface area contributed by atoms with E-state index in [4.69, 9.17) is 0 Å². The first-order valence-corrected chi connectivity index (χ1v) is 12.2. The molecular weight excluding hydrogens is 404 g/mol. The minimum atomic E-state index is -0.194. The Bertz CT molecular complexity index is 539.